The minimum Gasteiger partial charge on any atom is -0.462 e. The van der Waals surface area contributed by atoms with Crippen LogP contribution in [-0.2, 0) is 4.74 Å². The van der Waals surface area contributed by atoms with Crippen molar-refractivity contribution in [3.63, 3.8) is 0 Å². The molecule has 0 fully saturated rings. The first-order valence-corrected chi connectivity index (χ1v) is 4.11. The molecular weight excluding hydrogens is 328 g/mol. The van der Waals surface area contributed by atoms with Crippen molar-refractivity contribution >= 4 is 0 Å². The second kappa shape index (κ2) is 5.24. The standard InChI is InChI=1S/C7H2F12O/c8-2(5(12,13)14)3(9)20-1-4(10,11)6(15,16)7(17,18)19/h1H2. The van der Waals surface area contributed by atoms with Crippen molar-refractivity contribution in [2.45, 2.75) is 24.2 Å². The molecule has 0 aromatic carbocycles. The Labute approximate surface area is 101 Å². The minimum atomic E-state index is -6.78. The van der Waals surface area contributed by atoms with E-state index < -0.39 is 42.6 Å². The molecule has 0 spiro atoms. The van der Waals surface area contributed by atoms with Crippen LogP contribution in [-0.4, -0.2) is 30.8 Å². The van der Waals surface area contributed by atoms with E-state index in [1.54, 1.807) is 0 Å². The van der Waals surface area contributed by atoms with E-state index in [-0.39, 0.29) is 0 Å². The summed E-state index contributed by atoms with van der Waals surface area (Å²) in [5.41, 5.74) is 0. The normalized spacial score (nSPS) is 16.0. The van der Waals surface area contributed by atoms with Crippen molar-refractivity contribution in [1.82, 2.24) is 0 Å². The third-order valence-corrected chi connectivity index (χ3v) is 1.62. The van der Waals surface area contributed by atoms with Crippen molar-refractivity contribution < 1.29 is 57.4 Å². The van der Waals surface area contributed by atoms with Crippen LogP contribution in [0, 0.1) is 0 Å². The monoisotopic (exact) mass is 330 g/mol. The summed E-state index contributed by atoms with van der Waals surface area (Å²) in [7, 11) is 0. The Kier molecular flexibility index (Phi) is 4.90. The predicted molar refractivity (Wildman–Crippen MR) is 37.2 cm³/mol. The number of alkyl halides is 10. The fraction of sp³-hybridized carbons (Fsp3) is 0.714. The Balaban J connectivity index is 5.08. The van der Waals surface area contributed by atoms with Gasteiger partial charge in [0, 0.05) is 0 Å². The van der Waals surface area contributed by atoms with Crippen LogP contribution >= 0.6 is 0 Å². The molecule has 1 nitrogen and oxygen atoms in total. The average Bonchev–Trinajstić information content (AvgIpc) is 2.21. The highest BCUT2D eigenvalue weighted by molar-refractivity contribution is 5.01. The van der Waals surface area contributed by atoms with Crippen molar-refractivity contribution in [3.05, 3.63) is 11.8 Å². The molecule has 20 heavy (non-hydrogen) atoms. The summed E-state index contributed by atoms with van der Waals surface area (Å²) in [5.74, 6) is -16.5. The lowest BCUT2D eigenvalue weighted by molar-refractivity contribution is -0.360. The molecule has 0 bridgehead atoms. The lowest BCUT2D eigenvalue weighted by atomic mass is 10.2. The second-order valence-electron chi connectivity index (χ2n) is 3.15. The molecule has 0 aromatic rings. The molecule has 0 N–H and O–H groups in total. The van der Waals surface area contributed by atoms with Gasteiger partial charge in [0.15, 0.2) is 6.61 Å². The summed E-state index contributed by atoms with van der Waals surface area (Å²) >= 11 is 0. The molecule has 0 radical (unpaired) electrons. The van der Waals surface area contributed by atoms with Crippen molar-refractivity contribution in [2.24, 2.45) is 0 Å². The van der Waals surface area contributed by atoms with Crippen LogP contribution in [0.15, 0.2) is 11.8 Å². The first kappa shape index (κ1) is 18.7. The third kappa shape index (κ3) is 3.85. The molecule has 0 aliphatic carbocycles. The lowest BCUT2D eigenvalue weighted by Crippen LogP contribution is -2.54. The SMILES string of the molecule is FC(OCC(F)(F)C(F)(F)C(F)(F)F)=C(F)C(F)(F)F. The predicted octanol–water partition coefficient (Wildman–Crippen LogP) is 4.51. The van der Waals surface area contributed by atoms with Crippen molar-refractivity contribution in [1.29, 1.82) is 0 Å². The first-order chi connectivity index (χ1) is 8.54. The fourth-order valence-corrected chi connectivity index (χ4v) is 0.627. The van der Waals surface area contributed by atoms with Crippen LogP contribution in [0.25, 0.3) is 0 Å². The quantitative estimate of drug-likeness (QED) is 0.545. The van der Waals surface area contributed by atoms with Crippen LogP contribution in [0.2, 0.25) is 0 Å². The summed E-state index contributed by atoms with van der Waals surface area (Å²) in [6, 6.07) is -3.39. The molecule has 120 valence electrons. The highest BCUT2D eigenvalue weighted by Gasteiger charge is 2.73. The van der Waals surface area contributed by atoms with E-state index in [1.165, 1.54) is 0 Å². The molecule has 0 atom stereocenters. The lowest BCUT2D eigenvalue weighted by Gasteiger charge is -2.27. The molecule has 0 unspecified atom stereocenters. The van der Waals surface area contributed by atoms with Crippen LogP contribution < -0.4 is 0 Å². The van der Waals surface area contributed by atoms with E-state index in [1.807, 2.05) is 0 Å². The molecule has 13 heteroatoms. The molecule has 0 aromatic heterocycles. The van der Waals surface area contributed by atoms with Gasteiger partial charge < -0.3 is 4.74 Å². The van der Waals surface area contributed by atoms with E-state index in [4.69, 9.17) is 0 Å². The highest BCUT2D eigenvalue weighted by atomic mass is 19.4. The zero-order valence-electron chi connectivity index (χ0n) is 8.65. The molecule has 0 amide bonds. The van der Waals surface area contributed by atoms with Gasteiger partial charge in [0.2, 0.25) is 0 Å². The molecular formula is C7H2F12O. The Morgan fingerprint density at radius 2 is 1.15 bits per heavy atom. The van der Waals surface area contributed by atoms with Gasteiger partial charge in [-0.3, -0.25) is 0 Å². The molecule has 0 saturated carbocycles. The van der Waals surface area contributed by atoms with Gasteiger partial charge in [0.05, 0.1) is 0 Å². The number of halogens is 12. The summed E-state index contributed by atoms with van der Waals surface area (Å²) in [4.78, 5) is 0. The number of hydrogen-bond donors (Lipinski definition) is 0. The largest absolute Gasteiger partial charge is 0.462 e. The van der Waals surface area contributed by atoms with Gasteiger partial charge in [-0.2, -0.15) is 52.7 Å². The molecule has 0 saturated heterocycles. The molecule has 0 heterocycles. The summed E-state index contributed by atoms with van der Waals surface area (Å²) in [6.07, 6.45) is -12.8. The Morgan fingerprint density at radius 3 is 1.45 bits per heavy atom. The maximum Gasteiger partial charge on any atom is 0.460 e. The van der Waals surface area contributed by atoms with Crippen LogP contribution in [0.5, 0.6) is 0 Å². The number of allylic oxidation sites excluding steroid dienone is 1. The van der Waals surface area contributed by atoms with Gasteiger partial charge in [-0.15, -0.1) is 0 Å². The second-order valence-corrected chi connectivity index (χ2v) is 3.15. The van der Waals surface area contributed by atoms with Gasteiger partial charge >= 0.3 is 30.2 Å². The summed E-state index contributed by atoms with van der Waals surface area (Å²) in [6.45, 7) is -3.16. The zero-order valence-corrected chi connectivity index (χ0v) is 8.65. The van der Waals surface area contributed by atoms with Gasteiger partial charge in [-0.1, -0.05) is 0 Å². The van der Waals surface area contributed by atoms with Gasteiger partial charge in [0.25, 0.3) is 5.83 Å². The van der Waals surface area contributed by atoms with Crippen molar-refractivity contribution in [3.8, 4) is 0 Å². The summed E-state index contributed by atoms with van der Waals surface area (Å²) in [5, 5.41) is 0. The maximum atomic E-state index is 12.4. The number of ether oxygens (including phenoxy) is 1. The minimum absolute atomic E-state index is 2.66. The first-order valence-electron chi connectivity index (χ1n) is 4.11. The van der Waals surface area contributed by atoms with Crippen molar-refractivity contribution in [2.75, 3.05) is 6.61 Å². The number of hydrogen-bond acceptors (Lipinski definition) is 1. The van der Waals surface area contributed by atoms with E-state index in [9.17, 15) is 52.7 Å². The smallest absolute Gasteiger partial charge is 0.460 e. The van der Waals surface area contributed by atoms with E-state index >= 15 is 0 Å². The van der Waals surface area contributed by atoms with Crippen LogP contribution in [0.1, 0.15) is 0 Å². The van der Waals surface area contributed by atoms with Gasteiger partial charge in [-0.25, -0.2) is 0 Å². The highest BCUT2D eigenvalue weighted by Crippen LogP contribution is 2.46. The summed E-state index contributed by atoms with van der Waals surface area (Å²) < 4.78 is 145. The van der Waals surface area contributed by atoms with E-state index in [0.29, 0.717) is 0 Å². The average molecular weight is 330 g/mol. The Bertz CT molecular complexity index is 374. The van der Waals surface area contributed by atoms with Gasteiger partial charge in [0.1, 0.15) is 0 Å². The van der Waals surface area contributed by atoms with E-state index in [2.05, 4.69) is 4.74 Å². The Hall–Kier alpha value is -1.30. The maximum absolute atomic E-state index is 12.4. The van der Waals surface area contributed by atoms with Gasteiger partial charge in [-0.05, 0) is 0 Å². The fourth-order valence-electron chi connectivity index (χ4n) is 0.627. The third-order valence-electron chi connectivity index (χ3n) is 1.62. The topological polar surface area (TPSA) is 9.23 Å². The molecule has 0 aliphatic heterocycles. The molecule has 0 rings (SSSR count). The molecule has 0 aliphatic rings. The van der Waals surface area contributed by atoms with Crippen LogP contribution in [0.3, 0.4) is 0 Å². The van der Waals surface area contributed by atoms with E-state index in [0.717, 1.165) is 0 Å². The number of rotatable bonds is 4. The van der Waals surface area contributed by atoms with Crippen LogP contribution in [0.4, 0.5) is 52.7 Å². The zero-order chi connectivity index (χ0) is 16.6. The Morgan fingerprint density at radius 1 is 0.750 bits per heavy atom.